The zero-order chi connectivity index (χ0) is 15.1. The average molecular weight is 301 g/mol. The van der Waals surface area contributed by atoms with E-state index in [1.807, 2.05) is 43.3 Å². The second-order valence-corrected chi connectivity index (χ2v) is 5.11. The molecule has 0 bridgehead atoms. The third-order valence-corrected chi connectivity index (χ3v) is 3.62. The summed E-state index contributed by atoms with van der Waals surface area (Å²) in [6.45, 7) is 3.30. The Bertz CT molecular complexity index is 589. The summed E-state index contributed by atoms with van der Waals surface area (Å²) in [4.78, 5) is 18.8. The molecule has 1 N–H and O–H groups in total. The summed E-state index contributed by atoms with van der Waals surface area (Å²) in [5.41, 5.74) is 1.90. The van der Waals surface area contributed by atoms with Crippen LogP contribution in [0.4, 0.5) is 10.5 Å². The van der Waals surface area contributed by atoms with Gasteiger partial charge in [0.15, 0.2) is 0 Å². The lowest BCUT2D eigenvalue weighted by molar-refractivity contribution is 0.215. The number of carbonyl (C=O) groups excluding carboxylic acids is 1. The molecule has 2 aromatic rings. The summed E-state index contributed by atoms with van der Waals surface area (Å²) < 4.78 is 0. The van der Waals surface area contributed by atoms with E-state index in [1.54, 1.807) is 17.3 Å². The molecule has 1 heterocycles. The standard InChI is InChI=1S/C16H19N3OS/c1-2-19(12-9-13-7-10-17-11-8-13)16(20)18-14-5-3-4-6-15(14)21/h3-8,10-11,21H,2,9,12H2,1H3,(H,18,20). The van der Waals surface area contributed by atoms with Crippen LogP contribution in [0.25, 0.3) is 0 Å². The van der Waals surface area contributed by atoms with Crippen molar-refractivity contribution in [1.82, 2.24) is 9.88 Å². The predicted molar refractivity (Wildman–Crippen MR) is 87.9 cm³/mol. The third kappa shape index (κ3) is 4.49. The number of urea groups is 1. The van der Waals surface area contributed by atoms with Gasteiger partial charge in [-0.25, -0.2) is 4.79 Å². The molecule has 21 heavy (non-hydrogen) atoms. The van der Waals surface area contributed by atoms with Crippen molar-refractivity contribution in [2.45, 2.75) is 18.2 Å². The van der Waals surface area contributed by atoms with Crippen LogP contribution in [0, 0.1) is 0 Å². The zero-order valence-electron chi connectivity index (χ0n) is 12.0. The molecule has 0 saturated carbocycles. The van der Waals surface area contributed by atoms with Gasteiger partial charge in [-0.3, -0.25) is 4.98 Å². The number of nitrogens with one attached hydrogen (secondary N) is 1. The Morgan fingerprint density at radius 1 is 1.24 bits per heavy atom. The number of hydrogen-bond donors (Lipinski definition) is 2. The molecular weight excluding hydrogens is 282 g/mol. The monoisotopic (exact) mass is 301 g/mol. The van der Waals surface area contributed by atoms with Crippen molar-refractivity contribution in [2.24, 2.45) is 0 Å². The number of para-hydroxylation sites is 1. The van der Waals surface area contributed by atoms with Crippen molar-refractivity contribution in [2.75, 3.05) is 18.4 Å². The summed E-state index contributed by atoms with van der Waals surface area (Å²) >= 11 is 4.34. The SMILES string of the molecule is CCN(CCc1ccncc1)C(=O)Nc1ccccc1S. The number of nitrogens with zero attached hydrogens (tertiary/aromatic N) is 2. The molecule has 0 fully saturated rings. The minimum Gasteiger partial charge on any atom is -0.324 e. The first-order valence-electron chi connectivity index (χ1n) is 6.93. The molecular formula is C16H19N3OS. The fourth-order valence-electron chi connectivity index (χ4n) is 1.99. The minimum absolute atomic E-state index is 0.104. The van der Waals surface area contributed by atoms with Crippen LogP contribution >= 0.6 is 12.6 Å². The Kier molecular flexibility index (Phi) is 5.63. The van der Waals surface area contributed by atoms with Gasteiger partial charge in [0.05, 0.1) is 5.69 Å². The zero-order valence-corrected chi connectivity index (χ0v) is 12.9. The van der Waals surface area contributed by atoms with Gasteiger partial charge in [0, 0.05) is 30.4 Å². The van der Waals surface area contributed by atoms with E-state index in [-0.39, 0.29) is 6.03 Å². The van der Waals surface area contributed by atoms with E-state index in [2.05, 4.69) is 22.9 Å². The summed E-state index contributed by atoms with van der Waals surface area (Å²) in [5, 5.41) is 2.90. The van der Waals surface area contributed by atoms with E-state index in [0.29, 0.717) is 13.1 Å². The summed E-state index contributed by atoms with van der Waals surface area (Å²) in [5.74, 6) is 0. The molecule has 0 aliphatic rings. The van der Waals surface area contributed by atoms with Crippen LogP contribution in [-0.2, 0) is 6.42 Å². The highest BCUT2D eigenvalue weighted by Crippen LogP contribution is 2.19. The molecule has 0 aliphatic carbocycles. The van der Waals surface area contributed by atoms with Gasteiger partial charge in [0.1, 0.15) is 0 Å². The molecule has 0 spiro atoms. The van der Waals surface area contributed by atoms with Gasteiger partial charge in [-0.2, -0.15) is 0 Å². The molecule has 110 valence electrons. The number of carbonyl (C=O) groups is 1. The lowest BCUT2D eigenvalue weighted by atomic mass is 10.2. The molecule has 1 aromatic carbocycles. The van der Waals surface area contributed by atoms with Crippen LogP contribution in [0.5, 0.6) is 0 Å². The maximum Gasteiger partial charge on any atom is 0.321 e. The van der Waals surface area contributed by atoms with Crippen molar-refractivity contribution in [1.29, 1.82) is 0 Å². The second kappa shape index (κ2) is 7.69. The van der Waals surface area contributed by atoms with Crippen molar-refractivity contribution in [3.05, 3.63) is 54.4 Å². The maximum absolute atomic E-state index is 12.3. The maximum atomic E-state index is 12.3. The number of amides is 2. The van der Waals surface area contributed by atoms with Crippen molar-refractivity contribution in [3.8, 4) is 0 Å². The average Bonchev–Trinajstić information content (AvgIpc) is 2.51. The van der Waals surface area contributed by atoms with Gasteiger partial charge >= 0.3 is 6.03 Å². The lowest BCUT2D eigenvalue weighted by Gasteiger charge is -2.21. The van der Waals surface area contributed by atoms with Crippen molar-refractivity contribution in [3.63, 3.8) is 0 Å². The molecule has 2 amide bonds. The third-order valence-electron chi connectivity index (χ3n) is 3.23. The fourth-order valence-corrected chi connectivity index (χ4v) is 2.21. The van der Waals surface area contributed by atoms with Gasteiger partial charge in [-0.15, -0.1) is 12.6 Å². The Labute approximate surface area is 130 Å². The van der Waals surface area contributed by atoms with E-state index in [0.717, 1.165) is 17.0 Å². The Morgan fingerprint density at radius 3 is 2.62 bits per heavy atom. The Hall–Kier alpha value is -2.01. The number of rotatable bonds is 5. The van der Waals surface area contributed by atoms with Crippen LogP contribution in [0.1, 0.15) is 12.5 Å². The summed E-state index contributed by atoms with van der Waals surface area (Å²) in [6, 6.07) is 11.3. The number of hydrogen-bond acceptors (Lipinski definition) is 3. The number of pyridine rings is 1. The van der Waals surface area contributed by atoms with Crippen LogP contribution < -0.4 is 5.32 Å². The van der Waals surface area contributed by atoms with E-state index in [9.17, 15) is 4.79 Å². The van der Waals surface area contributed by atoms with E-state index in [4.69, 9.17) is 0 Å². The molecule has 2 rings (SSSR count). The first-order valence-corrected chi connectivity index (χ1v) is 7.38. The van der Waals surface area contributed by atoms with Crippen LogP contribution in [0.2, 0.25) is 0 Å². The predicted octanol–water partition coefficient (Wildman–Crippen LogP) is 3.47. The van der Waals surface area contributed by atoms with Gasteiger partial charge in [-0.1, -0.05) is 12.1 Å². The number of benzene rings is 1. The van der Waals surface area contributed by atoms with Crippen LogP contribution in [0.3, 0.4) is 0 Å². The lowest BCUT2D eigenvalue weighted by Crippen LogP contribution is -2.36. The van der Waals surface area contributed by atoms with E-state index in [1.165, 1.54) is 5.56 Å². The number of likely N-dealkylation sites (N-methyl/N-ethyl adjacent to an activating group) is 1. The number of aromatic nitrogens is 1. The molecule has 0 aliphatic heterocycles. The quantitative estimate of drug-likeness (QED) is 0.831. The largest absolute Gasteiger partial charge is 0.324 e. The van der Waals surface area contributed by atoms with Gasteiger partial charge in [0.25, 0.3) is 0 Å². The van der Waals surface area contributed by atoms with Crippen molar-refractivity contribution < 1.29 is 4.79 Å². The van der Waals surface area contributed by atoms with E-state index < -0.39 is 0 Å². The fraction of sp³-hybridized carbons (Fsp3) is 0.250. The Morgan fingerprint density at radius 2 is 1.95 bits per heavy atom. The number of anilines is 1. The highest BCUT2D eigenvalue weighted by atomic mass is 32.1. The summed E-state index contributed by atoms with van der Waals surface area (Å²) in [7, 11) is 0. The molecule has 4 nitrogen and oxygen atoms in total. The van der Waals surface area contributed by atoms with Gasteiger partial charge < -0.3 is 10.2 Å². The van der Waals surface area contributed by atoms with Crippen molar-refractivity contribution >= 4 is 24.3 Å². The molecule has 0 atom stereocenters. The normalized spacial score (nSPS) is 10.2. The van der Waals surface area contributed by atoms with Crippen LogP contribution in [-0.4, -0.2) is 29.0 Å². The highest BCUT2D eigenvalue weighted by molar-refractivity contribution is 7.80. The molecule has 5 heteroatoms. The molecule has 0 unspecified atom stereocenters. The second-order valence-electron chi connectivity index (χ2n) is 4.63. The van der Waals surface area contributed by atoms with Crippen LogP contribution in [0.15, 0.2) is 53.7 Å². The molecule has 1 aromatic heterocycles. The Balaban J connectivity index is 1.94. The smallest absolute Gasteiger partial charge is 0.321 e. The van der Waals surface area contributed by atoms with Gasteiger partial charge in [-0.05, 0) is 43.2 Å². The van der Waals surface area contributed by atoms with E-state index >= 15 is 0 Å². The number of thiol groups is 1. The first-order chi connectivity index (χ1) is 10.2. The molecule has 0 saturated heterocycles. The topological polar surface area (TPSA) is 45.2 Å². The minimum atomic E-state index is -0.104. The molecule has 0 radical (unpaired) electrons. The van der Waals surface area contributed by atoms with Gasteiger partial charge in [0.2, 0.25) is 0 Å². The highest BCUT2D eigenvalue weighted by Gasteiger charge is 2.12. The first kappa shape index (κ1) is 15.4. The summed E-state index contributed by atoms with van der Waals surface area (Å²) in [6.07, 6.45) is 4.35.